The van der Waals surface area contributed by atoms with E-state index in [1.165, 1.54) is 11.1 Å². The molecule has 0 unspecified atom stereocenters. The Morgan fingerprint density at radius 2 is 1.81 bits per heavy atom. The van der Waals surface area contributed by atoms with Crippen LogP contribution in [0.1, 0.15) is 24.5 Å². The van der Waals surface area contributed by atoms with E-state index in [0.717, 1.165) is 50.6 Å². The molecule has 3 N–H and O–H groups in total. The number of para-hydroxylation sites is 1. The number of guanidine groups is 1. The highest BCUT2D eigenvalue weighted by molar-refractivity contribution is 5.79. The van der Waals surface area contributed by atoms with E-state index < -0.39 is 0 Å². The molecular formula is C21H29N3O2. The largest absolute Gasteiger partial charge is 0.508 e. The number of methoxy groups -OCH3 is 1. The number of nitrogens with zero attached hydrogens (tertiary/aromatic N) is 1. The number of phenolic OH excluding ortho intramolecular Hbond substituents is 1. The highest BCUT2D eigenvalue weighted by Gasteiger charge is 2.02. The van der Waals surface area contributed by atoms with Crippen molar-refractivity contribution < 1.29 is 9.84 Å². The minimum absolute atomic E-state index is 0.306. The van der Waals surface area contributed by atoms with Gasteiger partial charge in [-0.05, 0) is 55.5 Å². The Morgan fingerprint density at radius 1 is 1.04 bits per heavy atom. The first-order chi connectivity index (χ1) is 12.7. The molecule has 0 aliphatic heterocycles. The molecule has 5 nitrogen and oxygen atoms in total. The van der Waals surface area contributed by atoms with Crippen molar-refractivity contribution in [2.24, 2.45) is 4.99 Å². The number of hydrogen-bond donors (Lipinski definition) is 3. The van der Waals surface area contributed by atoms with Gasteiger partial charge in [-0.3, -0.25) is 4.99 Å². The summed E-state index contributed by atoms with van der Waals surface area (Å²) in [6.45, 7) is 4.45. The molecule has 2 aromatic carbocycles. The molecule has 2 rings (SSSR count). The van der Waals surface area contributed by atoms with E-state index in [4.69, 9.17) is 4.74 Å². The van der Waals surface area contributed by atoms with Crippen LogP contribution in [0.2, 0.25) is 0 Å². The smallest absolute Gasteiger partial charge is 0.191 e. The van der Waals surface area contributed by atoms with Gasteiger partial charge in [-0.1, -0.05) is 30.3 Å². The molecule has 0 spiro atoms. The first-order valence-corrected chi connectivity index (χ1v) is 9.15. The van der Waals surface area contributed by atoms with Crippen LogP contribution in [0.3, 0.4) is 0 Å². The number of phenols is 1. The molecule has 0 bridgehead atoms. The first-order valence-electron chi connectivity index (χ1n) is 9.15. The molecule has 140 valence electrons. The molecular weight excluding hydrogens is 326 g/mol. The third-order valence-electron chi connectivity index (χ3n) is 4.05. The molecule has 0 saturated carbocycles. The maximum absolute atomic E-state index is 9.31. The summed E-state index contributed by atoms with van der Waals surface area (Å²) in [6, 6.07) is 15.4. The van der Waals surface area contributed by atoms with Gasteiger partial charge in [0.05, 0.1) is 7.11 Å². The Kier molecular flexibility index (Phi) is 8.33. The molecule has 0 amide bonds. The Hall–Kier alpha value is -2.69. The van der Waals surface area contributed by atoms with Crippen LogP contribution < -0.4 is 15.4 Å². The number of rotatable bonds is 9. The van der Waals surface area contributed by atoms with Gasteiger partial charge in [0.15, 0.2) is 5.96 Å². The molecule has 0 aliphatic carbocycles. The fourth-order valence-corrected chi connectivity index (χ4v) is 2.70. The maximum atomic E-state index is 9.31. The monoisotopic (exact) mass is 355 g/mol. The van der Waals surface area contributed by atoms with E-state index in [9.17, 15) is 5.11 Å². The van der Waals surface area contributed by atoms with Crippen molar-refractivity contribution in [1.82, 2.24) is 10.6 Å². The van der Waals surface area contributed by atoms with Crippen LogP contribution in [-0.2, 0) is 12.8 Å². The van der Waals surface area contributed by atoms with E-state index in [1.54, 1.807) is 19.2 Å². The summed E-state index contributed by atoms with van der Waals surface area (Å²) in [4.78, 5) is 4.63. The fourth-order valence-electron chi connectivity index (χ4n) is 2.70. The van der Waals surface area contributed by atoms with Crippen LogP contribution >= 0.6 is 0 Å². The minimum Gasteiger partial charge on any atom is -0.508 e. The zero-order valence-electron chi connectivity index (χ0n) is 15.7. The number of hydrogen-bond acceptors (Lipinski definition) is 3. The lowest BCUT2D eigenvalue weighted by Crippen LogP contribution is -2.38. The fraction of sp³-hybridized carbons (Fsp3) is 0.381. The number of aliphatic imine (C=N–C) groups is 1. The Morgan fingerprint density at radius 3 is 2.54 bits per heavy atom. The average Bonchev–Trinajstić information content (AvgIpc) is 2.67. The maximum Gasteiger partial charge on any atom is 0.191 e. The van der Waals surface area contributed by atoms with Gasteiger partial charge in [0.2, 0.25) is 0 Å². The molecule has 0 radical (unpaired) electrons. The summed E-state index contributed by atoms with van der Waals surface area (Å²) in [6.07, 6.45) is 2.79. The molecule has 0 saturated heterocycles. The quantitative estimate of drug-likeness (QED) is 0.367. The van der Waals surface area contributed by atoms with Crippen LogP contribution in [0.4, 0.5) is 0 Å². The van der Waals surface area contributed by atoms with E-state index in [-0.39, 0.29) is 0 Å². The minimum atomic E-state index is 0.306. The molecule has 0 fully saturated rings. The van der Waals surface area contributed by atoms with Crippen LogP contribution in [0, 0.1) is 0 Å². The molecule has 5 heteroatoms. The first kappa shape index (κ1) is 19.6. The highest BCUT2D eigenvalue weighted by Crippen LogP contribution is 2.17. The number of benzene rings is 2. The predicted molar refractivity (Wildman–Crippen MR) is 107 cm³/mol. The van der Waals surface area contributed by atoms with E-state index in [1.807, 2.05) is 30.3 Å². The average molecular weight is 355 g/mol. The Labute approximate surface area is 156 Å². The third kappa shape index (κ3) is 6.67. The molecule has 0 atom stereocenters. The molecule has 0 aliphatic rings. The van der Waals surface area contributed by atoms with Crippen molar-refractivity contribution in [3.8, 4) is 11.5 Å². The van der Waals surface area contributed by atoms with Crippen molar-refractivity contribution in [1.29, 1.82) is 0 Å². The van der Waals surface area contributed by atoms with E-state index in [0.29, 0.717) is 5.75 Å². The van der Waals surface area contributed by atoms with Crippen molar-refractivity contribution >= 4 is 5.96 Å². The summed E-state index contributed by atoms with van der Waals surface area (Å²) >= 11 is 0. The van der Waals surface area contributed by atoms with Gasteiger partial charge in [0.25, 0.3) is 0 Å². The van der Waals surface area contributed by atoms with Crippen LogP contribution in [0.5, 0.6) is 11.5 Å². The van der Waals surface area contributed by atoms with Crippen molar-refractivity contribution in [3.05, 3.63) is 59.7 Å². The van der Waals surface area contributed by atoms with Gasteiger partial charge in [-0.15, -0.1) is 0 Å². The standard InChI is InChI=1S/C21H29N3O2/c1-3-22-21(23-15-6-7-17-10-12-19(25)13-11-17)24-16-14-18-8-4-5-9-20(18)26-2/h4-5,8-13,25H,3,6-7,14-16H2,1-2H3,(H2,22,23,24). The van der Waals surface area contributed by atoms with Crippen molar-refractivity contribution in [2.75, 3.05) is 26.7 Å². The second-order valence-electron chi connectivity index (χ2n) is 6.02. The lowest BCUT2D eigenvalue weighted by Gasteiger charge is -2.12. The van der Waals surface area contributed by atoms with Gasteiger partial charge in [0.1, 0.15) is 11.5 Å². The lowest BCUT2D eigenvalue weighted by atomic mass is 10.1. The van der Waals surface area contributed by atoms with E-state index >= 15 is 0 Å². The number of ether oxygens (including phenoxy) is 1. The highest BCUT2D eigenvalue weighted by atomic mass is 16.5. The van der Waals surface area contributed by atoms with Gasteiger partial charge in [-0.2, -0.15) is 0 Å². The Balaban J connectivity index is 1.77. The zero-order chi connectivity index (χ0) is 18.6. The summed E-state index contributed by atoms with van der Waals surface area (Å²) < 4.78 is 5.39. The van der Waals surface area contributed by atoms with Gasteiger partial charge < -0.3 is 20.5 Å². The molecule has 26 heavy (non-hydrogen) atoms. The number of aromatic hydroxyl groups is 1. The van der Waals surface area contributed by atoms with Crippen LogP contribution in [0.15, 0.2) is 53.5 Å². The third-order valence-corrected chi connectivity index (χ3v) is 4.05. The van der Waals surface area contributed by atoms with E-state index in [2.05, 4.69) is 28.6 Å². The lowest BCUT2D eigenvalue weighted by molar-refractivity contribution is 0.409. The van der Waals surface area contributed by atoms with Gasteiger partial charge in [-0.25, -0.2) is 0 Å². The molecule has 0 heterocycles. The van der Waals surface area contributed by atoms with Gasteiger partial charge >= 0.3 is 0 Å². The SMILES string of the molecule is CCNC(=NCCCc1ccc(O)cc1)NCCc1ccccc1OC. The summed E-state index contributed by atoms with van der Waals surface area (Å²) in [5.41, 5.74) is 2.40. The van der Waals surface area contributed by atoms with Crippen LogP contribution in [-0.4, -0.2) is 37.8 Å². The predicted octanol–water partition coefficient (Wildman–Crippen LogP) is 3.13. The second kappa shape index (κ2) is 11.0. The normalized spacial score (nSPS) is 11.2. The van der Waals surface area contributed by atoms with Crippen molar-refractivity contribution in [3.63, 3.8) is 0 Å². The zero-order valence-corrected chi connectivity index (χ0v) is 15.7. The second-order valence-corrected chi connectivity index (χ2v) is 6.02. The topological polar surface area (TPSA) is 65.9 Å². The summed E-state index contributed by atoms with van der Waals surface area (Å²) in [5, 5.41) is 16.0. The summed E-state index contributed by atoms with van der Waals surface area (Å²) in [5.74, 6) is 2.07. The van der Waals surface area contributed by atoms with Gasteiger partial charge in [0, 0.05) is 19.6 Å². The summed E-state index contributed by atoms with van der Waals surface area (Å²) in [7, 11) is 1.70. The molecule has 2 aromatic rings. The number of nitrogens with one attached hydrogen (secondary N) is 2. The van der Waals surface area contributed by atoms with Crippen LogP contribution in [0.25, 0.3) is 0 Å². The molecule has 0 aromatic heterocycles. The number of aryl methyl sites for hydroxylation is 1. The van der Waals surface area contributed by atoms with Crippen molar-refractivity contribution in [2.45, 2.75) is 26.2 Å². The Bertz CT molecular complexity index is 684.